The second-order valence-corrected chi connectivity index (χ2v) is 14.6. The minimum absolute atomic E-state index is 0.131. The summed E-state index contributed by atoms with van der Waals surface area (Å²) in [6.07, 6.45) is 7.05. The Labute approximate surface area is 294 Å². The van der Waals surface area contributed by atoms with Gasteiger partial charge in [0.25, 0.3) is 11.8 Å². The van der Waals surface area contributed by atoms with Gasteiger partial charge < -0.3 is 9.84 Å². The summed E-state index contributed by atoms with van der Waals surface area (Å²) >= 11 is 6.35. The zero-order chi connectivity index (χ0) is 34.9. The van der Waals surface area contributed by atoms with Gasteiger partial charge in [-0.2, -0.15) is 5.01 Å². The summed E-state index contributed by atoms with van der Waals surface area (Å²) in [5, 5.41) is 12.5. The molecule has 6 atom stereocenters. The molecule has 50 heavy (non-hydrogen) atoms. The smallest absolute Gasteiger partial charge is 0.260 e. The number of benzene rings is 3. The van der Waals surface area contributed by atoms with E-state index >= 15 is 4.79 Å². The zero-order valence-electron chi connectivity index (χ0n) is 27.5. The van der Waals surface area contributed by atoms with E-state index in [0.29, 0.717) is 28.3 Å². The average Bonchev–Trinajstić information content (AvgIpc) is 3.50. The largest absolute Gasteiger partial charge is 0.504 e. The van der Waals surface area contributed by atoms with Gasteiger partial charge in [-0.25, -0.2) is 4.39 Å². The predicted octanol–water partition coefficient (Wildman–Crippen LogP) is 6.51. The van der Waals surface area contributed by atoms with Crippen molar-refractivity contribution < 1.29 is 33.4 Å². The zero-order valence-corrected chi connectivity index (χ0v) is 28.2. The summed E-state index contributed by atoms with van der Waals surface area (Å²) in [4.78, 5) is 59.9. The first-order valence-corrected chi connectivity index (χ1v) is 17.6. The molecule has 4 fully saturated rings. The Kier molecular flexibility index (Phi) is 7.97. The highest BCUT2D eigenvalue weighted by Gasteiger charge is 2.70. The van der Waals surface area contributed by atoms with Gasteiger partial charge in [-0.3, -0.25) is 29.5 Å². The van der Waals surface area contributed by atoms with Crippen LogP contribution in [0.4, 0.5) is 10.1 Å². The predicted molar refractivity (Wildman–Crippen MR) is 182 cm³/mol. The number of nitrogens with one attached hydrogen (secondary N) is 1. The van der Waals surface area contributed by atoms with Gasteiger partial charge in [-0.15, -0.1) is 0 Å². The lowest BCUT2D eigenvalue weighted by Crippen LogP contribution is -2.53. The number of nitrogens with zero attached hydrogens (tertiary/aromatic N) is 2. The molecule has 11 heteroatoms. The normalized spacial score (nSPS) is 29.4. The lowest BCUT2D eigenvalue weighted by Gasteiger charge is -2.50. The minimum atomic E-state index is -1.53. The number of halogens is 2. The average molecular weight is 698 g/mol. The number of hydrogen-bond acceptors (Lipinski definition) is 7. The van der Waals surface area contributed by atoms with Crippen LogP contribution in [0.1, 0.15) is 62.0 Å². The van der Waals surface area contributed by atoms with Crippen molar-refractivity contribution in [3.05, 3.63) is 100 Å². The Bertz CT molecular complexity index is 1930. The monoisotopic (exact) mass is 697 g/mol. The SMILES string of the molecule is COc1ccc([C@H]2C3=CC[C@@H]4C(=O)N(C5CCCCC5)C(=O)[C@@H]4[C@@H]3C[C@H]3C(=O)N(Nc4ccc(F)cc4)C(=O)[C@@]23c2ccc(Cl)cc2)cc1O. The molecule has 0 unspecified atom stereocenters. The van der Waals surface area contributed by atoms with Gasteiger partial charge in [0.2, 0.25) is 11.8 Å². The number of carbonyl (C=O) groups excluding carboxylic acids is 4. The molecule has 2 saturated carbocycles. The van der Waals surface area contributed by atoms with E-state index in [4.69, 9.17) is 16.3 Å². The molecule has 3 aromatic carbocycles. The number of rotatable bonds is 6. The molecule has 2 aliphatic heterocycles. The molecule has 4 amide bonds. The first-order chi connectivity index (χ1) is 24.1. The van der Waals surface area contributed by atoms with Crippen molar-refractivity contribution in [2.45, 2.75) is 62.3 Å². The third-order valence-electron chi connectivity index (χ3n) is 11.8. The number of hydrazine groups is 1. The maximum absolute atomic E-state index is 15.2. The molecule has 0 spiro atoms. The van der Waals surface area contributed by atoms with Gasteiger partial charge in [0.15, 0.2) is 11.5 Å². The molecule has 0 radical (unpaired) electrons. The molecule has 0 bridgehead atoms. The van der Waals surface area contributed by atoms with Crippen molar-refractivity contribution in [2.75, 3.05) is 12.5 Å². The van der Waals surface area contributed by atoms with Crippen LogP contribution in [-0.2, 0) is 24.6 Å². The molecule has 3 aromatic rings. The van der Waals surface area contributed by atoms with E-state index < -0.39 is 52.6 Å². The van der Waals surface area contributed by atoms with Crippen LogP contribution in [0, 0.1) is 29.5 Å². The van der Waals surface area contributed by atoms with Crippen molar-refractivity contribution in [1.82, 2.24) is 9.91 Å². The van der Waals surface area contributed by atoms with Crippen LogP contribution < -0.4 is 10.2 Å². The van der Waals surface area contributed by atoms with Crippen molar-refractivity contribution >= 4 is 40.9 Å². The highest BCUT2D eigenvalue weighted by molar-refractivity contribution is 6.30. The number of anilines is 1. The number of phenolic OH excluding ortho intramolecular Hbond substituents is 1. The van der Waals surface area contributed by atoms with E-state index in [0.717, 1.165) is 42.7 Å². The highest BCUT2D eigenvalue weighted by atomic mass is 35.5. The molecule has 9 nitrogen and oxygen atoms in total. The van der Waals surface area contributed by atoms with Gasteiger partial charge >= 0.3 is 0 Å². The van der Waals surface area contributed by atoms with Crippen molar-refractivity contribution in [2.24, 2.45) is 23.7 Å². The first kappa shape index (κ1) is 32.5. The van der Waals surface area contributed by atoms with Crippen LogP contribution in [0.3, 0.4) is 0 Å². The number of phenols is 1. The van der Waals surface area contributed by atoms with Gasteiger partial charge in [0, 0.05) is 17.0 Å². The summed E-state index contributed by atoms with van der Waals surface area (Å²) in [6.45, 7) is 0. The van der Waals surface area contributed by atoms with Crippen molar-refractivity contribution in [1.29, 1.82) is 0 Å². The van der Waals surface area contributed by atoms with E-state index in [2.05, 4.69) is 5.43 Å². The number of methoxy groups -OCH3 is 1. The van der Waals surface area contributed by atoms with Gasteiger partial charge in [0.1, 0.15) is 5.82 Å². The standard InChI is InChI=1S/C39H37ClFN3O6/c1-50-32-18-7-21(19-31(32)45)34-27-16-17-28-33(37(48)43(35(28)46)26-5-3-2-4-6-26)29(27)20-30-36(47)44(42-25-14-12-24(41)13-15-25)38(49)39(30,34)22-8-10-23(40)11-9-22/h7-16,18-19,26,28-30,33-34,42,45H,2-6,17,20H2,1H3/t28-,29+,30-,33-,34-,39+/m0/s1. The molecule has 2 N–H and O–H groups in total. The number of likely N-dealkylation sites (tertiary alicyclic amines) is 1. The number of allylic oxidation sites excluding steroid dienone is 2. The molecule has 258 valence electrons. The van der Waals surface area contributed by atoms with Crippen LogP contribution in [0.2, 0.25) is 5.02 Å². The van der Waals surface area contributed by atoms with Gasteiger partial charge in [-0.1, -0.05) is 60.7 Å². The number of imide groups is 2. The fraction of sp³-hybridized carbons (Fsp3) is 0.385. The second-order valence-electron chi connectivity index (χ2n) is 14.1. The van der Waals surface area contributed by atoms with Crippen LogP contribution in [-0.4, -0.2) is 51.8 Å². The quantitative estimate of drug-likeness (QED) is 0.223. The topological polar surface area (TPSA) is 116 Å². The Morgan fingerprint density at radius 2 is 1.62 bits per heavy atom. The van der Waals surface area contributed by atoms with E-state index in [1.165, 1.54) is 36.3 Å². The highest BCUT2D eigenvalue weighted by Crippen LogP contribution is 2.64. The number of fused-ring (bicyclic) bond motifs is 4. The number of amides is 4. The van der Waals surface area contributed by atoms with Crippen LogP contribution in [0.25, 0.3) is 0 Å². The summed E-state index contributed by atoms with van der Waals surface area (Å²) in [5.74, 6) is -5.26. The molecule has 0 aromatic heterocycles. The lowest BCUT2D eigenvalue weighted by atomic mass is 9.49. The first-order valence-electron chi connectivity index (χ1n) is 17.3. The van der Waals surface area contributed by atoms with Crippen LogP contribution in [0.15, 0.2) is 78.4 Å². The summed E-state index contributed by atoms with van der Waals surface area (Å²) in [7, 11) is 1.44. The van der Waals surface area contributed by atoms with Gasteiger partial charge in [-0.05, 0) is 91.3 Å². The Hall–Kier alpha value is -4.70. The molecule has 8 rings (SSSR count). The number of ether oxygens (including phenoxy) is 1. The van der Waals surface area contributed by atoms with Crippen molar-refractivity contribution in [3.8, 4) is 11.5 Å². The fourth-order valence-electron chi connectivity index (χ4n) is 9.64. The number of hydrogen-bond donors (Lipinski definition) is 2. The Morgan fingerprint density at radius 1 is 0.900 bits per heavy atom. The third-order valence-corrected chi connectivity index (χ3v) is 12.0. The Morgan fingerprint density at radius 3 is 2.30 bits per heavy atom. The summed E-state index contributed by atoms with van der Waals surface area (Å²) < 4.78 is 19.2. The fourth-order valence-corrected chi connectivity index (χ4v) is 9.77. The van der Waals surface area contributed by atoms with E-state index in [-0.39, 0.29) is 35.8 Å². The van der Waals surface area contributed by atoms with E-state index in [1.807, 2.05) is 6.08 Å². The maximum Gasteiger partial charge on any atom is 0.260 e. The second kappa shape index (κ2) is 12.3. The molecular formula is C39H37ClFN3O6. The molecule has 2 saturated heterocycles. The van der Waals surface area contributed by atoms with E-state index in [1.54, 1.807) is 42.5 Å². The summed E-state index contributed by atoms with van der Waals surface area (Å²) in [6, 6.07) is 17.0. The lowest BCUT2D eigenvalue weighted by molar-refractivity contribution is -0.144. The molecule has 5 aliphatic rings. The van der Waals surface area contributed by atoms with Crippen LogP contribution in [0.5, 0.6) is 11.5 Å². The molecular weight excluding hydrogens is 661 g/mol. The number of aromatic hydroxyl groups is 1. The van der Waals surface area contributed by atoms with E-state index in [9.17, 15) is 23.9 Å². The number of carbonyl (C=O) groups is 4. The maximum atomic E-state index is 15.2. The third kappa shape index (κ3) is 4.78. The van der Waals surface area contributed by atoms with Crippen molar-refractivity contribution in [3.63, 3.8) is 0 Å². The van der Waals surface area contributed by atoms with Gasteiger partial charge in [0.05, 0.1) is 36.0 Å². The minimum Gasteiger partial charge on any atom is -0.504 e. The molecule has 2 heterocycles. The summed E-state index contributed by atoms with van der Waals surface area (Å²) in [5.41, 5.74) is 3.66. The Balaban J connectivity index is 1.31. The molecule has 3 aliphatic carbocycles. The van der Waals surface area contributed by atoms with Crippen LogP contribution >= 0.6 is 11.6 Å².